The molecule has 0 saturated carbocycles. The highest BCUT2D eigenvalue weighted by atomic mass is 16.5. The highest BCUT2D eigenvalue weighted by Crippen LogP contribution is 2.32. The van der Waals surface area contributed by atoms with Gasteiger partial charge in [-0.25, -0.2) is 0 Å². The molecule has 4 heterocycles. The number of likely N-dealkylation sites (N-methyl/N-ethyl adjacent to an activating group) is 1. The van der Waals surface area contributed by atoms with E-state index in [0.717, 1.165) is 44.1 Å². The van der Waals surface area contributed by atoms with Gasteiger partial charge in [-0.2, -0.15) is 0 Å². The molecule has 2 aliphatic heterocycles. The van der Waals surface area contributed by atoms with Gasteiger partial charge in [0.2, 0.25) is 0 Å². The molecule has 2 fully saturated rings. The fourth-order valence-electron chi connectivity index (χ4n) is 4.06. The molecular formula is C19H25N3O2. The van der Waals surface area contributed by atoms with Gasteiger partial charge in [0, 0.05) is 31.9 Å². The summed E-state index contributed by atoms with van der Waals surface area (Å²) in [7, 11) is 2.17. The molecule has 2 aromatic heterocycles. The van der Waals surface area contributed by atoms with E-state index in [9.17, 15) is 0 Å². The van der Waals surface area contributed by atoms with E-state index in [1.165, 1.54) is 6.42 Å². The van der Waals surface area contributed by atoms with Crippen molar-refractivity contribution in [2.45, 2.75) is 44.1 Å². The molecule has 128 valence electrons. The predicted octanol–water partition coefficient (Wildman–Crippen LogP) is 2.54. The van der Waals surface area contributed by atoms with Crippen molar-refractivity contribution in [2.75, 3.05) is 20.2 Å². The second-order valence-corrected chi connectivity index (χ2v) is 6.86. The Kier molecular flexibility index (Phi) is 4.65. The van der Waals surface area contributed by atoms with Crippen molar-refractivity contribution < 1.29 is 9.15 Å². The Labute approximate surface area is 143 Å². The molecule has 2 aliphatic rings. The maximum Gasteiger partial charge on any atom is 0.117 e. The largest absolute Gasteiger partial charge is 0.468 e. The first-order valence-electron chi connectivity index (χ1n) is 8.79. The van der Waals surface area contributed by atoms with Crippen LogP contribution >= 0.6 is 0 Å². The van der Waals surface area contributed by atoms with Crippen molar-refractivity contribution in [2.24, 2.45) is 0 Å². The first-order chi connectivity index (χ1) is 11.8. The number of rotatable bonds is 5. The number of nitrogens with zero attached hydrogens (tertiary/aromatic N) is 3. The zero-order valence-electron chi connectivity index (χ0n) is 14.2. The van der Waals surface area contributed by atoms with Crippen molar-refractivity contribution >= 4 is 0 Å². The van der Waals surface area contributed by atoms with Gasteiger partial charge in [-0.05, 0) is 44.2 Å². The quantitative estimate of drug-likeness (QED) is 0.844. The van der Waals surface area contributed by atoms with Crippen LogP contribution in [0.1, 0.15) is 24.3 Å². The number of ether oxygens (including phenoxy) is 1. The van der Waals surface area contributed by atoms with Crippen molar-refractivity contribution in [1.29, 1.82) is 0 Å². The maximum absolute atomic E-state index is 6.19. The fraction of sp³-hybridized carbons (Fsp3) is 0.526. The van der Waals surface area contributed by atoms with Crippen LogP contribution in [0.15, 0.2) is 47.2 Å². The Morgan fingerprint density at radius 3 is 3.04 bits per heavy atom. The second kappa shape index (κ2) is 7.05. The zero-order valence-corrected chi connectivity index (χ0v) is 14.2. The van der Waals surface area contributed by atoms with E-state index in [1.807, 2.05) is 24.4 Å². The topological polar surface area (TPSA) is 41.7 Å². The highest BCUT2D eigenvalue weighted by molar-refractivity contribution is 5.08. The summed E-state index contributed by atoms with van der Waals surface area (Å²) in [6, 6.07) is 11.0. The van der Waals surface area contributed by atoms with Crippen molar-refractivity contribution in [3.63, 3.8) is 0 Å². The van der Waals surface area contributed by atoms with Gasteiger partial charge in [-0.1, -0.05) is 6.07 Å². The van der Waals surface area contributed by atoms with Gasteiger partial charge in [-0.15, -0.1) is 0 Å². The summed E-state index contributed by atoms with van der Waals surface area (Å²) in [6.07, 6.45) is 6.26. The molecular weight excluding hydrogens is 302 g/mol. The molecule has 5 nitrogen and oxygen atoms in total. The number of fused-ring (bicyclic) bond motifs is 1. The molecule has 0 spiro atoms. The van der Waals surface area contributed by atoms with Crippen LogP contribution in [0, 0.1) is 0 Å². The number of aromatic nitrogens is 1. The fourth-order valence-corrected chi connectivity index (χ4v) is 4.06. The molecule has 3 atom stereocenters. The first kappa shape index (κ1) is 15.8. The lowest BCUT2D eigenvalue weighted by Gasteiger charge is -2.34. The molecule has 2 saturated heterocycles. The molecule has 0 bridgehead atoms. The Balaban J connectivity index is 1.48. The van der Waals surface area contributed by atoms with E-state index in [2.05, 4.69) is 34.0 Å². The minimum atomic E-state index is 0.280. The number of pyridine rings is 1. The Morgan fingerprint density at radius 1 is 1.29 bits per heavy atom. The SMILES string of the molecule is CN(Cc1ccco1)[C@@H]1CN(Cc2ccccn2)[C@@H]2CCCO[C@H]12. The van der Waals surface area contributed by atoms with Gasteiger partial charge < -0.3 is 9.15 Å². The number of hydrogen-bond donors (Lipinski definition) is 0. The Bertz CT molecular complexity index is 631. The van der Waals surface area contributed by atoms with E-state index in [1.54, 1.807) is 6.26 Å². The zero-order chi connectivity index (χ0) is 16.4. The molecule has 5 heteroatoms. The van der Waals surface area contributed by atoms with E-state index >= 15 is 0 Å². The van der Waals surface area contributed by atoms with Gasteiger partial charge in [-0.3, -0.25) is 14.8 Å². The summed E-state index contributed by atoms with van der Waals surface area (Å²) in [5.74, 6) is 1.01. The molecule has 0 N–H and O–H groups in total. The Morgan fingerprint density at radius 2 is 2.25 bits per heavy atom. The summed E-state index contributed by atoms with van der Waals surface area (Å²) in [6.45, 7) is 3.62. The molecule has 0 unspecified atom stereocenters. The summed E-state index contributed by atoms with van der Waals surface area (Å²) < 4.78 is 11.7. The van der Waals surface area contributed by atoms with Gasteiger partial charge >= 0.3 is 0 Å². The van der Waals surface area contributed by atoms with Crippen LogP contribution in [0.5, 0.6) is 0 Å². The molecule has 4 rings (SSSR count). The average Bonchev–Trinajstić information content (AvgIpc) is 3.24. The second-order valence-electron chi connectivity index (χ2n) is 6.86. The van der Waals surface area contributed by atoms with E-state index in [4.69, 9.17) is 9.15 Å². The molecule has 24 heavy (non-hydrogen) atoms. The molecule has 0 radical (unpaired) electrons. The summed E-state index contributed by atoms with van der Waals surface area (Å²) >= 11 is 0. The van der Waals surface area contributed by atoms with Crippen LogP contribution in [0.2, 0.25) is 0 Å². The first-order valence-corrected chi connectivity index (χ1v) is 8.79. The van der Waals surface area contributed by atoms with Crippen LogP contribution in [-0.2, 0) is 17.8 Å². The number of hydrogen-bond acceptors (Lipinski definition) is 5. The minimum absolute atomic E-state index is 0.280. The maximum atomic E-state index is 6.19. The smallest absolute Gasteiger partial charge is 0.117 e. The third kappa shape index (κ3) is 3.24. The van der Waals surface area contributed by atoms with Crippen molar-refractivity contribution in [3.8, 4) is 0 Å². The predicted molar refractivity (Wildman–Crippen MR) is 91.4 cm³/mol. The van der Waals surface area contributed by atoms with Crippen LogP contribution in [-0.4, -0.2) is 53.2 Å². The normalized spacial score (nSPS) is 27.5. The van der Waals surface area contributed by atoms with E-state index < -0.39 is 0 Å². The standard InChI is InChI=1S/C19H25N3O2/c1-21(13-16-7-4-10-23-16)18-14-22(12-15-6-2-3-9-20-15)17-8-5-11-24-19(17)18/h2-4,6-7,9-10,17-19H,5,8,11-14H2,1H3/t17-,18-,19+/m1/s1. The third-order valence-electron chi connectivity index (χ3n) is 5.25. The van der Waals surface area contributed by atoms with Gasteiger partial charge in [0.15, 0.2) is 0 Å². The van der Waals surface area contributed by atoms with E-state index in [0.29, 0.717) is 12.1 Å². The van der Waals surface area contributed by atoms with Crippen molar-refractivity contribution in [1.82, 2.24) is 14.8 Å². The lowest BCUT2D eigenvalue weighted by Crippen LogP contribution is -2.46. The minimum Gasteiger partial charge on any atom is -0.468 e. The lowest BCUT2D eigenvalue weighted by atomic mass is 10.00. The molecule has 2 aromatic rings. The van der Waals surface area contributed by atoms with Crippen LogP contribution in [0.3, 0.4) is 0 Å². The van der Waals surface area contributed by atoms with Gasteiger partial charge in [0.25, 0.3) is 0 Å². The van der Waals surface area contributed by atoms with Crippen LogP contribution in [0.25, 0.3) is 0 Å². The van der Waals surface area contributed by atoms with Gasteiger partial charge in [0.1, 0.15) is 5.76 Å². The molecule has 0 amide bonds. The van der Waals surface area contributed by atoms with Gasteiger partial charge in [0.05, 0.1) is 30.6 Å². The molecule has 0 aromatic carbocycles. The number of furan rings is 1. The van der Waals surface area contributed by atoms with Crippen molar-refractivity contribution in [3.05, 3.63) is 54.2 Å². The third-order valence-corrected chi connectivity index (χ3v) is 5.25. The number of likely N-dealkylation sites (tertiary alicyclic amines) is 1. The average molecular weight is 327 g/mol. The van der Waals surface area contributed by atoms with Crippen LogP contribution < -0.4 is 0 Å². The van der Waals surface area contributed by atoms with Crippen LogP contribution in [0.4, 0.5) is 0 Å². The molecule has 0 aliphatic carbocycles. The van der Waals surface area contributed by atoms with E-state index in [-0.39, 0.29) is 6.10 Å². The monoisotopic (exact) mass is 327 g/mol. The lowest BCUT2D eigenvalue weighted by molar-refractivity contribution is -0.0392. The Hall–Kier alpha value is -1.69. The summed E-state index contributed by atoms with van der Waals surface area (Å²) in [4.78, 5) is 9.43. The summed E-state index contributed by atoms with van der Waals surface area (Å²) in [5, 5.41) is 0. The summed E-state index contributed by atoms with van der Waals surface area (Å²) in [5.41, 5.74) is 1.14. The highest BCUT2D eigenvalue weighted by Gasteiger charge is 2.45.